The first-order chi connectivity index (χ1) is 9.13. The third kappa shape index (κ3) is 2.55. The summed E-state index contributed by atoms with van der Waals surface area (Å²) in [6, 6.07) is 8.48. The molecule has 1 aliphatic carbocycles. The van der Waals surface area contributed by atoms with E-state index in [1.165, 1.54) is 36.6 Å². The van der Waals surface area contributed by atoms with E-state index in [4.69, 9.17) is 10.2 Å². The predicted molar refractivity (Wildman–Crippen MR) is 79.0 cm³/mol. The van der Waals surface area contributed by atoms with Gasteiger partial charge in [-0.05, 0) is 49.8 Å². The molecule has 2 N–H and O–H groups in total. The third-order valence-electron chi connectivity index (χ3n) is 4.59. The van der Waals surface area contributed by atoms with Gasteiger partial charge in [-0.2, -0.15) is 0 Å². The summed E-state index contributed by atoms with van der Waals surface area (Å²) < 4.78 is 5.94. The second-order valence-electron chi connectivity index (χ2n) is 6.24. The molecule has 19 heavy (non-hydrogen) atoms. The van der Waals surface area contributed by atoms with Gasteiger partial charge >= 0.3 is 0 Å². The molecule has 3 rings (SSSR count). The smallest absolute Gasteiger partial charge is 0.134 e. The van der Waals surface area contributed by atoms with Gasteiger partial charge in [0.1, 0.15) is 11.3 Å². The first-order valence-corrected chi connectivity index (χ1v) is 7.39. The third-order valence-corrected chi connectivity index (χ3v) is 4.59. The van der Waals surface area contributed by atoms with E-state index in [2.05, 4.69) is 32.0 Å². The second kappa shape index (κ2) is 5.01. The Morgan fingerprint density at radius 1 is 1.16 bits per heavy atom. The predicted octanol–water partition coefficient (Wildman–Crippen LogP) is 4.57. The van der Waals surface area contributed by atoms with E-state index < -0.39 is 0 Å². The summed E-state index contributed by atoms with van der Waals surface area (Å²) in [5.41, 5.74) is 8.65. The van der Waals surface area contributed by atoms with E-state index in [1.807, 2.05) is 6.07 Å². The van der Waals surface area contributed by atoms with Crippen molar-refractivity contribution in [2.75, 3.05) is 0 Å². The highest BCUT2D eigenvalue weighted by Crippen LogP contribution is 2.37. The van der Waals surface area contributed by atoms with Gasteiger partial charge in [-0.15, -0.1) is 0 Å². The molecule has 1 aromatic heterocycles. The van der Waals surface area contributed by atoms with Crippen molar-refractivity contribution in [3.8, 4) is 0 Å². The molecule has 2 aromatic rings. The Labute approximate surface area is 115 Å². The molecule has 0 spiro atoms. The minimum Gasteiger partial charge on any atom is -0.459 e. The average molecular weight is 257 g/mol. The number of rotatable bonds is 2. The van der Waals surface area contributed by atoms with Crippen LogP contribution in [0.2, 0.25) is 0 Å². The lowest BCUT2D eigenvalue weighted by molar-refractivity contribution is 0.241. The van der Waals surface area contributed by atoms with Crippen LogP contribution < -0.4 is 5.73 Å². The summed E-state index contributed by atoms with van der Waals surface area (Å²) >= 11 is 0. The molecule has 2 nitrogen and oxygen atoms in total. The summed E-state index contributed by atoms with van der Waals surface area (Å²) in [6.07, 6.45) is 5.08. The van der Waals surface area contributed by atoms with E-state index in [1.54, 1.807) is 0 Å². The molecule has 0 bridgehead atoms. The molecular formula is C17H23NO. The van der Waals surface area contributed by atoms with Gasteiger partial charge in [-0.25, -0.2) is 0 Å². The lowest BCUT2D eigenvalue weighted by atomic mass is 9.79. The number of fused-ring (bicyclic) bond motifs is 1. The van der Waals surface area contributed by atoms with Crippen molar-refractivity contribution in [1.29, 1.82) is 0 Å². The molecule has 1 fully saturated rings. The van der Waals surface area contributed by atoms with Crippen LogP contribution in [0.25, 0.3) is 11.0 Å². The number of furan rings is 1. The quantitative estimate of drug-likeness (QED) is 0.856. The van der Waals surface area contributed by atoms with Crippen LogP contribution in [0.15, 0.2) is 28.7 Å². The zero-order valence-electron chi connectivity index (χ0n) is 11.9. The van der Waals surface area contributed by atoms with Crippen molar-refractivity contribution in [2.45, 2.75) is 45.6 Å². The first kappa shape index (κ1) is 12.7. The van der Waals surface area contributed by atoms with Gasteiger partial charge in [0.05, 0.1) is 6.04 Å². The van der Waals surface area contributed by atoms with Crippen LogP contribution in [0.3, 0.4) is 0 Å². The van der Waals surface area contributed by atoms with Gasteiger partial charge < -0.3 is 10.2 Å². The zero-order valence-corrected chi connectivity index (χ0v) is 11.9. The van der Waals surface area contributed by atoms with Gasteiger partial charge in [0, 0.05) is 5.39 Å². The van der Waals surface area contributed by atoms with Crippen LogP contribution in [0, 0.1) is 18.8 Å². The highest BCUT2D eigenvalue weighted by Gasteiger charge is 2.26. The zero-order chi connectivity index (χ0) is 13.4. The van der Waals surface area contributed by atoms with Crippen LogP contribution in [-0.4, -0.2) is 0 Å². The Hall–Kier alpha value is -1.28. The molecule has 1 heterocycles. The lowest BCUT2D eigenvalue weighted by Gasteiger charge is -2.29. The Morgan fingerprint density at radius 2 is 1.89 bits per heavy atom. The van der Waals surface area contributed by atoms with Crippen LogP contribution in [0.1, 0.15) is 50.0 Å². The fraction of sp³-hybridized carbons (Fsp3) is 0.529. The summed E-state index contributed by atoms with van der Waals surface area (Å²) in [5, 5.41) is 1.18. The minimum atomic E-state index is 0.0557. The molecular weight excluding hydrogens is 234 g/mol. The van der Waals surface area contributed by atoms with Gasteiger partial charge in [0.25, 0.3) is 0 Å². The maximum absolute atomic E-state index is 6.42. The van der Waals surface area contributed by atoms with E-state index in [0.29, 0.717) is 5.92 Å². The topological polar surface area (TPSA) is 39.2 Å². The normalized spacial score (nSPS) is 25.6. The van der Waals surface area contributed by atoms with Gasteiger partial charge in [0.2, 0.25) is 0 Å². The lowest BCUT2D eigenvalue weighted by Crippen LogP contribution is -2.25. The van der Waals surface area contributed by atoms with Gasteiger partial charge in [-0.3, -0.25) is 0 Å². The molecule has 0 radical (unpaired) electrons. The number of hydrogen-bond donors (Lipinski definition) is 1. The highest BCUT2D eigenvalue weighted by molar-refractivity contribution is 5.78. The van der Waals surface area contributed by atoms with E-state index in [-0.39, 0.29) is 6.04 Å². The number of aryl methyl sites for hydroxylation is 1. The maximum Gasteiger partial charge on any atom is 0.134 e. The summed E-state index contributed by atoms with van der Waals surface area (Å²) in [4.78, 5) is 0. The van der Waals surface area contributed by atoms with Crippen molar-refractivity contribution < 1.29 is 4.42 Å². The summed E-state index contributed by atoms with van der Waals surface area (Å²) in [5.74, 6) is 2.40. The molecule has 102 valence electrons. The molecule has 1 saturated carbocycles. The van der Waals surface area contributed by atoms with Crippen LogP contribution in [-0.2, 0) is 0 Å². The van der Waals surface area contributed by atoms with Crippen molar-refractivity contribution in [3.63, 3.8) is 0 Å². The van der Waals surface area contributed by atoms with E-state index in [9.17, 15) is 0 Å². The Kier molecular flexibility index (Phi) is 3.36. The maximum atomic E-state index is 6.42. The number of hydrogen-bond acceptors (Lipinski definition) is 2. The Morgan fingerprint density at radius 3 is 2.63 bits per heavy atom. The van der Waals surface area contributed by atoms with Crippen molar-refractivity contribution >= 4 is 11.0 Å². The molecule has 0 amide bonds. The molecule has 1 unspecified atom stereocenters. The van der Waals surface area contributed by atoms with Crippen LogP contribution in [0.4, 0.5) is 0 Å². The Balaban J connectivity index is 1.83. The van der Waals surface area contributed by atoms with Crippen molar-refractivity contribution in [2.24, 2.45) is 17.6 Å². The fourth-order valence-corrected chi connectivity index (χ4v) is 3.22. The molecule has 0 aliphatic heterocycles. The van der Waals surface area contributed by atoms with Gasteiger partial charge in [0.15, 0.2) is 0 Å². The number of benzene rings is 1. The molecule has 2 heteroatoms. The van der Waals surface area contributed by atoms with E-state index in [0.717, 1.165) is 17.3 Å². The average Bonchev–Trinajstić information content (AvgIpc) is 2.81. The van der Waals surface area contributed by atoms with Crippen LogP contribution in [0.5, 0.6) is 0 Å². The van der Waals surface area contributed by atoms with E-state index >= 15 is 0 Å². The summed E-state index contributed by atoms with van der Waals surface area (Å²) in [6.45, 7) is 4.44. The van der Waals surface area contributed by atoms with Crippen LogP contribution >= 0.6 is 0 Å². The molecule has 1 atom stereocenters. The molecule has 0 saturated heterocycles. The highest BCUT2D eigenvalue weighted by atomic mass is 16.3. The SMILES string of the molecule is Cc1ccc2oc(C(N)C3CCC(C)CC3)cc2c1. The Bertz CT molecular complexity index is 564. The second-order valence-corrected chi connectivity index (χ2v) is 6.24. The fourth-order valence-electron chi connectivity index (χ4n) is 3.22. The standard InChI is InChI=1S/C17H23NO/c1-11-3-6-13(7-4-11)17(18)16-10-14-9-12(2)5-8-15(14)19-16/h5,8-11,13,17H,3-4,6-7,18H2,1-2H3. The van der Waals surface area contributed by atoms with Gasteiger partial charge in [-0.1, -0.05) is 31.4 Å². The summed E-state index contributed by atoms with van der Waals surface area (Å²) in [7, 11) is 0. The largest absolute Gasteiger partial charge is 0.459 e. The first-order valence-electron chi connectivity index (χ1n) is 7.39. The van der Waals surface area contributed by atoms with Crippen molar-refractivity contribution in [1.82, 2.24) is 0 Å². The van der Waals surface area contributed by atoms with Crippen molar-refractivity contribution in [3.05, 3.63) is 35.6 Å². The number of nitrogens with two attached hydrogens (primary N) is 1. The minimum absolute atomic E-state index is 0.0557. The molecule has 1 aliphatic rings. The monoisotopic (exact) mass is 257 g/mol. The molecule has 1 aromatic carbocycles.